The average molecular weight is 383 g/mol. The van der Waals surface area contributed by atoms with Gasteiger partial charge in [-0.05, 0) is 46.7 Å². The molecule has 1 fully saturated rings. The van der Waals surface area contributed by atoms with Crippen LogP contribution in [0.4, 0.5) is 0 Å². The molecule has 1 aliphatic rings. The van der Waals surface area contributed by atoms with E-state index in [0.29, 0.717) is 12.0 Å². The summed E-state index contributed by atoms with van der Waals surface area (Å²) in [5.74, 6) is 2.64. The van der Waals surface area contributed by atoms with E-state index in [4.69, 9.17) is 0 Å². The Morgan fingerprint density at radius 2 is 1.96 bits per heavy atom. The van der Waals surface area contributed by atoms with Gasteiger partial charge in [0.25, 0.3) is 0 Å². The lowest BCUT2D eigenvalue weighted by molar-refractivity contribution is 0.200. The van der Waals surface area contributed by atoms with Crippen molar-refractivity contribution in [3.63, 3.8) is 0 Å². The second kappa shape index (κ2) is 8.26. The van der Waals surface area contributed by atoms with Crippen molar-refractivity contribution in [1.29, 1.82) is 0 Å². The Morgan fingerprint density at radius 3 is 2.61 bits per heavy atom. The predicted octanol–water partition coefficient (Wildman–Crippen LogP) is 2.70. The van der Waals surface area contributed by atoms with Crippen molar-refractivity contribution in [2.45, 2.75) is 65.2 Å². The minimum absolute atomic E-state index is 0.413. The molecule has 4 heterocycles. The molecule has 0 atom stereocenters. The standard InChI is InChI=1S/C20H30N8/c1-4-27-19(14-26-10-7-21-15-26)23-24-20(27)18-5-8-25(9-6-18)12-17-11-22-28(13-17)16(2)3/h7,10-11,13,15-16,18H,4-6,8-9,12,14H2,1-3H3. The highest BCUT2D eigenvalue weighted by Gasteiger charge is 2.26. The molecule has 8 heteroatoms. The number of rotatable bonds is 7. The van der Waals surface area contributed by atoms with E-state index in [0.717, 1.165) is 57.2 Å². The first-order valence-electron chi connectivity index (χ1n) is 10.3. The molecule has 0 aliphatic carbocycles. The quantitative estimate of drug-likeness (QED) is 0.628. The molecule has 0 unspecified atom stereocenters. The SMILES string of the molecule is CCn1c(Cn2ccnc2)nnc1C1CCN(Cc2cnn(C(C)C)c2)CC1. The maximum absolute atomic E-state index is 4.57. The Hall–Kier alpha value is -2.48. The molecule has 8 nitrogen and oxygen atoms in total. The Balaban J connectivity index is 1.37. The van der Waals surface area contributed by atoms with Gasteiger partial charge in [-0.1, -0.05) is 0 Å². The number of imidazole rings is 1. The van der Waals surface area contributed by atoms with Gasteiger partial charge in [0.15, 0.2) is 5.82 Å². The highest BCUT2D eigenvalue weighted by atomic mass is 15.3. The van der Waals surface area contributed by atoms with Crippen LogP contribution in [0.1, 0.15) is 62.8 Å². The lowest BCUT2D eigenvalue weighted by Crippen LogP contribution is -2.33. The van der Waals surface area contributed by atoms with Crippen molar-refractivity contribution < 1.29 is 0 Å². The Morgan fingerprint density at radius 1 is 1.14 bits per heavy atom. The van der Waals surface area contributed by atoms with Gasteiger partial charge in [0.05, 0.1) is 19.1 Å². The molecule has 3 aromatic heterocycles. The maximum Gasteiger partial charge on any atom is 0.153 e. The minimum Gasteiger partial charge on any atom is -0.330 e. The summed E-state index contributed by atoms with van der Waals surface area (Å²) < 4.78 is 6.36. The fourth-order valence-electron chi connectivity index (χ4n) is 4.01. The van der Waals surface area contributed by atoms with Crippen LogP contribution in [0.3, 0.4) is 0 Å². The van der Waals surface area contributed by atoms with Gasteiger partial charge < -0.3 is 9.13 Å². The smallest absolute Gasteiger partial charge is 0.153 e. The fraction of sp³-hybridized carbons (Fsp3) is 0.600. The Labute approximate surface area is 166 Å². The number of aromatic nitrogens is 7. The first-order valence-corrected chi connectivity index (χ1v) is 10.3. The molecule has 0 spiro atoms. The second-order valence-corrected chi connectivity index (χ2v) is 7.93. The van der Waals surface area contributed by atoms with Crippen LogP contribution < -0.4 is 0 Å². The molecule has 0 aromatic carbocycles. The van der Waals surface area contributed by atoms with Crippen molar-refractivity contribution in [3.8, 4) is 0 Å². The van der Waals surface area contributed by atoms with Crippen molar-refractivity contribution in [3.05, 3.63) is 48.3 Å². The fourth-order valence-corrected chi connectivity index (χ4v) is 4.01. The molecular weight excluding hydrogens is 352 g/mol. The molecule has 3 aromatic rings. The summed E-state index contributed by atoms with van der Waals surface area (Å²) in [5, 5.41) is 13.5. The summed E-state index contributed by atoms with van der Waals surface area (Å²) in [7, 11) is 0. The number of hydrogen-bond acceptors (Lipinski definition) is 5. The minimum atomic E-state index is 0.413. The van der Waals surface area contributed by atoms with Crippen LogP contribution in [-0.4, -0.2) is 52.1 Å². The van der Waals surface area contributed by atoms with Crippen LogP contribution in [-0.2, 0) is 19.6 Å². The Bertz CT molecular complexity index is 868. The van der Waals surface area contributed by atoms with E-state index < -0.39 is 0 Å². The molecule has 150 valence electrons. The first kappa shape index (κ1) is 18.9. The summed E-state index contributed by atoms with van der Waals surface area (Å²) in [5.41, 5.74) is 1.30. The predicted molar refractivity (Wildman–Crippen MR) is 107 cm³/mol. The van der Waals surface area contributed by atoms with Gasteiger partial charge >= 0.3 is 0 Å². The largest absolute Gasteiger partial charge is 0.330 e. The molecule has 0 N–H and O–H groups in total. The molecular formula is C20H30N8. The molecule has 0 radical (unpaired) electrons. The van der Waals surface area contributed by atoms with E-state index in [2.05, 4.69) is 56.7 Å². The van der Waals surface area contributed by atoms with Crippen molar-refractivity contribution in [2.75, 3.05) is 13.1 Å². The Kier molecular flexibility index (Phi) is 5.57. The van der Waals surface area contributed by atoms with Gasteiger partial charge in [0.1, 0.15) is 5.82 Å². The average Bonchev–Trinajstić information content (AvgIpc) is 3.44. The number of nitrogens with zero attached hydrogens (tertiary/aromatic N) is 8. The molecule has 4 rings (SSSR count). The summed E-state index contributed by atoms with van der Waals surface area (Å²) in [6.07, 6.45) is 12.0. The molecule has 0 bridgehead atoms. The third kappa shape index (κ3) is 4.01. The monoisotopic (exact) mass is 382 g/mol. The van der Waals surface area contributed by atoms with Gasteiger partial charge in [-0.2, -0.15) is 5.10 Å². The van der Waals surface area contributed by atoms with Gasteiger partial charge in [-0.25, -0.2) is 4.98 Å². The van der Waals surface area contributed by atoms with Gasteiger partial charge in [-0.3, -0.25) is 9.58 Å². The van der Waals surface area contributed by atoms with E-state index in [9.17, 15) is 0 Å². The first-order chi connectivity index (χ1) is 13.6. The second-order valence-electron chi connectivity index (χ2n) is 7.93. The van der Waals surface area contributed by atoms with E-state index >= 15 is 0 Å². The number of piperidine rings is 1. The molecule has 0 amide bonds. The summed E-state index contributed by atoms with van der Waals surface area (Å²) >= 11 is 0. The lowest BCUT2D eigenvalue weighted by Gasteiger charge is -2.31. The third-order valence-electron chi connectivity index (χ3n) is 5.60. The normalized spacial score (nSPS) is 16.3. The molecule has 28 heavy (non-hydrogen) atoms. The van der Waals surface area contributed by atoms with E-state index in [1.54, 1.807) is 6.20 Å². The summed E-state index contributed by atoms with van der Waals surface area (Å²) in [6.45, 7) is 11.3. The van der Waals surface area contributed by atoms with Crippen molar-refractivity contribution >= 4 is 0 Å². The molecule has 1 saturated heterocycles. The van der Waals surface area contributed by atoms with Crippen LogP contribution in [0.25, 0.3) is 0 Å². The molecule has 1 aliphatic heterocycles. The topological polar surface area (TPSA) is 69.6 Å². The zero-order valence-electron chi connectivity index (χ0n) is 17.1. The summed E-state index contributed by atoms with van der Waals surface area (Å²) in [6, 6.07) is 0.413. The van der Waals surface area contributed by atoms with E-state index in [-0.39, 0.29) is 0 Å². The zero-order chi connectivity index (χ0) is 19.5. The highest BCUT2D eigenvalue weighted by Crippen LogP contribution is 2.28. The number of likely N-dealkylation sites (tertiary alicyclic amines) is 1. The van der Waals surface area contributed by atoms with Crippen LogP contribution in [0.15, 0.2) is 31.1 Å². The summed E-state index contributed by atoms with van der Waals surface area (Å²) in [4.78, 5) is 6.64. The van der Waals surface area contributed by atoms with Gasteiger partial charge in [0.2, 0.25) is 0 Å². The third-order valence-corrected chi connectivity index (χ3v) is 5.60. The lowest BCUT2D eigenvalue weighted by atomic mass is 9.95. The highest BCUT2D eigenvalue weighted by molar-refractivity contribution is 5.07. The van der Waals surface area contributed by atoms with Gasteiger partial charge in [-0.15, -0.1) is 10.2 Å². The molecule has 0 saturated carbocycles. The number of hydrogen-bond donors (Lipinski definition) is 0. The van der Waals surface area contributed by atoms with Crippen molar-refractivity contribution in [1.82, 2.24) is 39.0 Å². The van der Waals surface area contributed by atoms with E-state index in [1.165, 1.54) is 5.56 Å². The zero-order valence-corrected chi connectivity index (χ0v) is 17.1. The maximum atomic E-state index is 4.57. The van der Waals surface area contributed by atoms with E-state index in [1.807, 2.05) is 28.0 Å². The van der Waals surface area contributed by atoms with Gasteiger partial charge in [0, 0.05) is 49.2 Å². The van der Waals surface area contributed by atoms with Crippen molar-refractivity contribution in [2.24, 2.45) is 0 Å². The van der Waals surface area contributed by atoms with Crippen LogP contribution in [0.5, 0.6) is 0 Å². The van der Waals surface area contributed by atoms with Crippen LogP contribution in [0.2, 0.25) is 0 Å². The van der Waals surface area contributed by atoms with Crippen LogP contribution in [0, 0.1) is 0 Å². The van der Waals surface area contributed by atoms with Crippen LogP contribution >= 0.6 is 0 Å².